The molecule has 0 spiro atoms. The van der Waals surface area contributed by atoms with Gasteiger partial charge < -0.3 is 14.8 Å². The van der Waals surface area contributed by atoms with Crippen LogP contribution in [0.2, 0.25) is 0 Å². The number of amidine groups is 1. The molecule has 0 aromatic heterocycles. The topological polar surface area (TPSA) is 77.0 Å². The molecule has 2 aliphatic heterocycles. The van der Waals surface area contributed by atoms with E-state index in [0.29, 0.717) is 10.7 Å². The molecule has 9 heteroatoms. The first-order chi connectivity index (χ1) is 15.3. The average molecular weight is 461 g/mol. The van der Waals surface area contributed by atoms with Gasteiger partial charge in [0.25, 0.3) is 5.91 Å². The normalized spacial score (nSPS) is 27.1. The molecule has 4 atom stereocenters. The fourth-order valence-electron chi connectivity index (χ4n) is 4.22. The molecule has 0 saturated carbocycles. The molecule has 0 unspecified atom stereocenters. The van der Waals surface area contributed by atoms with Crippen molar-refractivity contribution in [2.24, 2.45) is 10.9 Å². The summed E-state index contributed by atoms with van der Waals surface area (Å²) in [5, 5.41) is 2.99. The van der Waals surface area contributed by atoms with Crippen molar-refractivity contribution >= 4 is 28.8 Å². The van der Waals surface area contributed by atoms with Gasteiger partial charge in [-0.2, -0.15) is 0 Å². The van der Waals surface area contributed by atoms with Crippen molar-refractivity contribution < 1.29 is 27.8 Å². The maximum Gasteiger partial charge on any atom is 0.304 e. The van der Waals surface area contributed by atoms with Crippen LogP contribution in [0.5, 0.6) is 0 Å². The third-order valence-corrected chi connectivity index (χ3v) is 6.78. The van der Waals surface area contributed by atoms with Crippen molar-refractivity contribution in [3.8, 4) is 0 Å². The lowest BCUT2D eigenvalue weighted by molar-refractivity contribution is -0.202. The van der Waals surface area contributed by atoms with E-state index < -0.39 is 29.4 Å². The Hall–Kier alpha value is -2.78. The summed E-state index contributed by atoms with van der Waals surface area (Å²) in [5.74, 6) is -2.56. The average Bonchev–Trinajstić information content (AvgIpc) is 2.74. The number of hydrogen-bond donors (Lipinski definition) is 1. The van der Waals surface area contributed by atoms with Gasteiger partial charge in [0, 0.05) is 41.7 Å². The molecule has 0 aliphatic carbocycles. The molecule has 0 radical (unpaired) electrons. The second-order valence-corrected chi connectivity index (χ2v) is 9.17. The van der Waals surface area contributed by atoms with Gasteiger partial charge in [-0.05, 0) is 18.2 Å². The summed E-state index contributed by atoms with van der Waals surface area (Å²) in [6.07, 6.45) is -0.499. The van der Waals surface area contributed by atoms with Crippen molar-refractivity contribution in [3.63, 3.8) is 0 Å². The van der Waals surface area contributed by atoms with Crippen LogP contribution in [-0.2, 0) is 19.8 Å². The van der Waals surface area contributed by atoms with Crippen LogP contribution in [0.4, 0.5) is 8.78 Å². The van der Waals surface area contributed by atoms with Crippen LogP contribution >= 0.6 is 11.8 Å². The standard InChI is InChI=1S/C23H22F2N2O4S/c1-13-18-11-20(31-14(2)28)30-12-23(18,17-9-8-16(24)10-19(17)25)27-22(32-13)26-21(29)15-6-4-3-5-7-15/h3-10,13,18,20H,11-12H2,1-2H3,(H,26,27,29)/t13-,18+,20+,23-/m1/s1. The lowest BCUT2D eigenvalue weighted by Gasteiger charge is -2.48. The lowest BCUT2D eigenvalue weighted by Crippen LogP contribution is -2.54. The number of nitrogens with one attached hydrogen (secondary N) is 1. The third kappa shape index (κ3) is 4.40. The Morgan fingerprint density at radius 2 is 1.97 bits per heavy atom. The molecule has 168 valence electrons. The smallest absolute Gasteiger partial charge is 0.304 e. The number of fused-ring (bicyclic) bond motifs is 1. The molecule has 0 bridgehead atoms. The Morgan fingerprint density at radius 1 is 1.22 bits per heavy atom. The number of nitrogens with zero attached hydrogens (tertiary/aromatic N) is 1. The van der Waals surface area contributed by atoms with E-state index in [1.807, 2.05) is 13.0 Å². The van der Waals surface area contributed by atoms with E-state index in [-0.39, 0.29) is 35.7 Å². The summed E-state index contributed by atoms with van der Waals surface area (Å²) in [6.45, 7) is 3.14. The number of rotatable bonds is 3. The van der Waals surface area contributed by atoms with Crippen LogP contribution in [0, 0.1) is 17.6 Å². The summed E-state index contributed by atoms with van der Waals surface area (Å²) in [7, 11) is 0. The van der Waals surface area contributed by atoms with Crippen molar-refractivity contribution in [3.05, 3.63) is 71.3 Å². The molecule has 2 aromatic carbocycles. The number of aliphatic imine (C=N–C) groups is 1. The first kappa shape index (κ1) is 22.4. The fraction of sp³-hybridized carbons (Fsp3) is 0.348. The fourth-order valence-corrected chi connectivity index (χ4v) is 5.44. The highest BCUT2D eigenvalue weighted by molar-refractivity contribution is 8.14. The summed E-state index contributed by atoms with van der Waals surface area (Å²) < 4.78 is 39.6. The second kappa shape index (κ2) is 8.99. The van der Waals surface area contributed by atoms with Crippen molar-refractivity contribution in [1.82, 2.24) is 5.32 Å². The van der Waals surface area contributed by atoms with Crippen molar-refractivity contribution in [2.45, 2.75) is 37.3 Å². The van der Waals surface area contributed by atoms with Gasteiger partial charge in [-0.25, -0.2) is 13.8 Å². The highest BCUT2D eigenvalue weighted by Crippen LogP contribution is 2.50. The van der Waals surface area contributed by atoms with Gasteiger partial charge >= 0.3 is 5.97 Å². The maximum absolute atomic E-state index is 14.9. The first-order valence-electron chi connectivity index (χ1n) is 10.2. The molecule has 1 N–H and O–H groups in total. The van der Waals surface area contributed by atoms with Gasteiger partial charge in [-0.15, -0.1) is 0 Å². The van der Waals surface area contributed by atoms with Crippen LogP contribution in [0.15, 0.2) is 53.5 Å². The molecule has 2 aliphatic rings. The number of amides is 1. The number of ether oxygens (including phenoxy) is 2. The third-order valence-electron chi connectivity index (χ3n) is 5.67. The van der Waals surface area contributed by atoms with Crippen molar-refractivity contribution in [1.29, 1.82) is 0 Å². The molecule has 1 amide bonds. The largest absolute Gasteiger partial charge is 0.436 e. The Morgan fingerprint density at radius 3 is 2.66 bits per heavy atom. The summed E-state index contributed by atoms with van der Waals surface area (Å²) >= 11 is 1.34. The van der Waals surface area contributed by atoms with Gasteiger partial charge in [-0.3, -0.25) is 9.59 Å². The number of esters is 1. The van der Waals surface area contributed by atoms with Gasteiger partial charge in [-0.1, -0.05) is 43.0 Å². The molecule has 1 saturated heterocycles. The number of halogens is 2. The lowest BCUT2D eigenvalue weighted by atomic mass is 9.73. The van der Waals surface area contributed by atoms with E-state index in [0.717, 1.165) is 6.07 Å². The molecule has 2 heterocycles. The Bertz CT molecular complexity index is 1070. The molecule has 32 heavy (non-hydrogen) atoms. The summed E-state index contributed by atoms with van der Waals surface area (Å²) in [6, 6.07) is 12.0. The molecule has 6 nitrogen and oxygen atoms in total. The highest BCUT2D eigenvalue weighted by atomic mass is 32.2. The van der Waals surface area contributed by atoms with Crippen molar-refractivity contribution in [2.75, 3.05) is 6.61 Å². The molecule has 2 aromatic rings. The van der Waals surface area contributed by atoms with E-state index in [1.54, 1.807) is 24.3 Å². The van der Waals surface area contributed by atoms with Crippen LogP contribution in [0.1, 0.15) is 36.2 Å². The summed E-state index contributed by atoms with van der Waals surface area (Å²) in [5.41, 5.74) is -0.579. The zero-order valence-corrected chi connectivity index (χ0v) is 18.3. The van der Waals surface area contributed by atoms with E-state index in [2.05, 4.69) is 5.32 Å². The Labute approximate surface area is 188 Å². The molecular formula is C23H22F2N2O4S. The monoisotopic (exact) mass is 460 g/mol. The molecule has 4 rings (SSSR count). The van der Waals surface area contributed by atoms with E-state index in [1.165, 1.54) is 30.8 Å². The number of thioether (sulfide) groups is 1. The minimum absolute atomic E-state index is 0.0895. The molecule has 1 fully saturated rings. The second-order valence-electron chi connectivity index (χ2n) is 7.80. The number of benzene rings is 2. The van der Waals surface area contributed by atoms with Crippen LogP contribution in [0.3, 0.4) is 0 Å². The van der Waals surface area contributed by atoms with Gasteiger partial charge in [0.1, 0.15) is 17.2 Å². The molecular weight excluding hydrogens is 438 g/mol. The highest BCUT2D eigenvalue weighted by Gasteiger charge is 2.53. The van der Waals surface area contributed by atoms with Gasteiger partial charge in [0.2, 0.25) is 6.29 Å². The van der Waals surface area contributed by atoms with E-state index >= 15 is 0 Å². The summed E-state index contributed by atoms with van der Waals surface area (Å²) in [4.78, 5) is 28.9. The van der Waals surface area contributed by atoms with Gasteiger partial charge in [0.15, 0.2) is 5.17 Å². The predicted octanol–water partition coefficient (Wildman–Crippen LogP) is 4.01. The van der Waals surface area contributed by atoms with E-state index in [4.69, 9.17) is 14.5 Å². The number of hydrogen-bond acceptors (Lipinski definition) is 6. The first-order valence-corrected chi connectivity index (χ1v) is 11.0. The minimum atomic E-state index is -1.21. The van der Waals surface area contributed by atoms with Crippen LogP contribution < -0.4 is 5.32 Å². The Kier molecular flexibility index (Phi) is 6.30. The zero-order valence-electron chi connectivity index (χ0n) is 17.5. The maximum atomic E-state index is 14.9. The van der Waals surface area contributed by atoms with Crippen LogP contribution in [0.25, 0.3) is 0 Å². The SMILES string of the molecule is CC(=O)O[C@H]1C[C@H]2[C@@H](C)SC(NC(=O)c3ccccc3)=N[C@@]2(c2ccc(F)cc2F)CO1. The van der Waals surface area contributed by atoms with E-state index in [9.17, 15) is 18.4 Å². The number of carbonyl (C=O) groups excluding carboxylic acids is 2. The van der Waals surface area contributed by atoms with Crippen LogP contribution in [-0.4, -0.2) is 35.2 Å². The Balaban J connectivity index is 1.73. The predicted molar refractivity (Wildman–Crippen MR) is 116 cm³/mol. The number of carbonyl (C=O) groups is 2. The van der Waals surface area contributed by atoms with Gasteiger partial charge in [0.05, 0.1) is 6.61 Å². The minimum Gasteiger partial charge on any atom is -0.436 e. The quantitative estimate of drug-likeness (QED) is 0.701. The zero-order chi connectivity index (χ0) is 22.9.